The molecule has 1 atom stereocenters. The number of unbranched alkanes of at least 4 members (excludes halogenated alkanes) is 14. The fourth-order valence-electron chi connectivity index (χ4n) is 3.85. The molecular formula is C27H51NO9Ti. The average Bonchev–Trinajstić information content (AvgIpc) is 2.80. The second-order valence-electron chi connectivity index (χ2n) is 8.89. The first kappa shape index (κ1) is 46.1. The van der Waals surface area contributed by atoms with Gasteiger partial charge in [-0.1, -0.05) is 96.8 Å². The number of nitrogen functional groups attached to an aromatic ring is 1. The molecule has 0 fully saturated rings. The van der Waals surface area contributed by atoms with Gasteiger partial charge >= 0.3 is 11.9 Å². The van der Waals surface area contributed by atoms with E-state index in [-0.39, 0.29) is 55.6 Å². The van der Waals surface area contributed by atoms with Gasteiger partial charge < -0.3 is 37.5 Å². The zero-order valence-electron chi connectivity index (χ0n) is 22.9. The van der Waals surface area contributed by atoms with Crippen LogP contribution >= 0.6 is 0 Å². The molecule has 0 aliphatic heterocycles. The van der Waals surface area contributed by atoms with Gasteiger partial charge in [0.25, 0.3) is 6.10 Å². The smallest absolute Gasteiger partial charge is 0.353 e. The third-order valence-electron chi connectivity index (χ3n) is 5.89. The Bertz CT molecular complexity index is 702. The number of aliphatic carboxylic acids is 1. The Balaban J connectivity index is -0.000000726. The fraction of sp³-hybridized carbons (Fsp3) is 0.667. The third-order valence-corrected chi connectivity index (χ3v) is 5.89. The summed E-state index contributed by atoms with van der Waals surface area (Å²) >= 11 is 0. The van der Waals surface area contributed by atoms with Gasteiger partial charge in [0.2, 0.25) is 5.78 Å². The number of ketones is 1. The molecule has 0 bridgehead atoms. The van der Waals surface area contributed by atoms with E-state index in [9.17, 15) is 19.5 Å². The van der Waals surface area contributed by atoms with Gasteiger partial charge in [0, 0.05) is 39.4 Å². The number of carboxylic acid groups (broad SMARTS) is 1. The van der Waals surface area contributed by atoms with E-state index in [0.29, 0.717) is 12.1 Å². The number of carbonyl (C=O) groups is 3. The van der Waals surface area contributed by atoms with Gasteiger partial charge in [-0.25, -0.2) is 4.79 Å². The van der Waals surface area contributed by atoms with Gasteiger partial charge in [-0.05, 0) is 30.7 Å². The van der Waals surface area contributed by atoms with E-state index in [1.807, 2.05) is 0 Å². The molecule has 0 heterocycles. The quantitative estimate of drug-likeness (QED) is 0.0584. The molecule has 0 radical (unpaired) electrons. The van der Waals surface area contributed by atoms with E-state index in [4.69, 9.17) is 10.5 Å². The minimum absolute atomic E-state index is 0. The van der Waals surface area contributed by atoms with Gasteiger partial charge in [-0.2, -0.15) is 0 Å². The van der Waals surface area contributed by atoms with Crippen LogP contribution in [-0.2, 0) is 36.0 Å². The molecule has 10 nitrogen and oxygen atoms in total. The number of rotatable bonds is 20. The molecule has 1 unspecified atom stereocenters. The normalized spacial score (nSPS) is 10.2. The van der Waals surface area contributed by atoms with Crippen molar-refractivity contribution in [2.75, 3.05) is 5.73 Å². The Hall–Kier alpha value is -1.82. The van der Waals surface area contributed by atoms with Crippen molar-refractivity contribution in [2.24, 2.45) is 0 Å². The average molecular weight is 582 g/mol. The Morgan fingerprint density at radius 2 is 1.08 bits per heavy atom. The standard InChI is InChI=1S/C27H43NO5.4H2O.Ti/c1-2-3-4-5-6-7-8-9-10-11-12-13-14-15-16-17-24(29)33-26(27(31)32)25(30)22-18-20-23(28)21-19-22;;;;;/h18-21,26H,2-17,28H2,1H3,(H,31,32);4*1H2;. The van der Waals surface area contributed by atoms with Crippen molar-refractivity contribution in [2.45, 2.75) is 116 Å². The van der Waals surface area contributed by atoms with E-state index >= 15 is 0 Å². The fourth-order valence-corrected chi connectivity index (χ4v) is 3.85. The van der Waals surface area contributed by atoms with Crippen molar-refractivity contribution in [3.05, 3.63) is 29.8 Å². The predicted molar refractivity (Wildman–Crippen MR) is 147 cm³/mol. The molecule has 0 aromatic heterocycles. The maximum absolute atomic E-state index is 12.3. The molecule has 222 valence electrons. The summed E-state index contributed by atoms with van der Waals surface area (Å²) in [5.41, 5.74) is 6.19. The van der Waals surface area contributed by atoms with Crippen LogP contribution in [0.4, 0.5) is 5.69 Å². The summed E-state index contributed by atoms with van der Waals surface area (Å²) in [7, 11) is 0. The van der Waals surface area contributed by atoms with Crippen LogP contribution in [0, 0.1) is 0 Å². The maximum atomic E-state index is 12.3. The van der Waals surface area contributed by atoms with Gasteiger partial charge in [0.05, 0.1) is 0 Å². The van der Waals surface area contributed by atoms with E-state index in [0.717, 1.165) is 19.3 Å². The van der Waals surface area contributed by atoms with Crippen LogP contribution in [0.1, 0.15) is 120 Å². The molecule has 0 spiro atoms. The summed E-state index contributed by atoms with van der Waals surface area (Å²) in [4.78, 5) is 35.8. The minimum Gasteiger partial charge on any atom is -0.478 e. The molecule has 11 N–H and O–H groups in total. The summed E-state index contributed by atoms with van der Waals surface area (Å²) in [6.07, 6.45) is 16.7. The molecule has 0 saturated carbocycles. The Morgan fingerprint density at radius 1 is 0.711 bits per heavy atom. The molecule has 0 amide bonds. The number of esters is 1. The SMILES string of the molecule is CCCCCCCCCCCCCCCCCC(=O)OC(C(=O)O)C(=O)c1ccc(N)cc1.O.O.O.O.[Ti]. The molecule has 0 aliphatic rings. The van der Waals surface area contributed by atoms with Crippen LogP contribution < -0.4 is 5.73 Å². The zero-order valence-corrected chi connectivity index (χ0v) is 24.4. The van der Waals surface area contributed by atoms with Crippen molar-refractivity contribution in [3.8, 4) is 0 Å². The van der Waals surface area contributed by atoms with Gasteiger partial charge in [-0.3, -0.25) is 9.59 Å². The second-order valence-corrected chi connectivity index (χ2v) is 8.89. The second kappa shape index (κ2) is 29.7. The van der Waals surface area contributed by atoms with E-state index < -0.39 is 23.8 Å². The van der Waals surface area contributed by atoms with Gasteiger partial charge in [-0.15, -0.1) is 0 Å². The number of Topliss-reactive ketones (excluding diaryl/α,β-unsaturated/α-hetero) is 1. The predicted octanol–water partition coefficient (Wildman–Crippen LogP) is 3.41. The Morgan fingerprint density at radius 3 is 1.45 bits per heavy atom. The molecule has 11 heteroatoms. The summed E-state index contributed by atoms with van der Waals surface area (Å²) in [6, 6.07) is 5.86. The summed E-state index contributed by atoms with van der Waals surface area (Å²) < 4.78 is 4.96. The van der Waals surface area contributed by atoms with Crippen molar-refractivity contribution < 1.29 is 67.8 Å². The first-order chi connectivity index (χ1) is 16.0. The molecule has 0 aliphatic carbocycles. The van der Waals surface area contributed by atoms with Crippen LogP contribution in [0.25, 0.3) is 0 Å². The van der Waals surface area contributed by atoms with Gasteiger partial charge in [0.1, 0.15) is 0 Å². The van der Waals surface area contributed by atoms with Crippen molar-refractivity contribution in [1.29, 1.82) is 0 Å². The summed E-state index contributed by atoms with van der Waals surface area (Å²) in [5, 5.41) is 9.29. The van der Waals surface area contributed by atoms with Crippen molar-refractivity contribution in [1.82, 2.24) is 0 Å². The van der Waals surface area contributed by atoms with E-state index in [1.54, 1.807) is 0 Å². The minimum atomic E-state index is -1.82. The Labute approximate surface area is 242 Å². The van der Waals surface area contributed by atoms with Crippen LogP contribution in [0.3, 0.4) is 0 Å². The molecule has 38 heavy (non-hydrogen) atoms. The topological polar surface area (TPSA) is 233 Å². The van der Waals surface area contributed by atoms with Crippen molar-refractivity contribution >= 4 is 23.4 Å². The zero-order chi connectivity index (χ0) is 24.3. The summed E-state index contributed by atoms with van der Waals surface area (Å²) in [6.45, 7) is 2.25. The number of anilines is 1. The van der Waals surface area contributed by atoms with Crippen LogP contribution in [-0.4, -0.2) is 50.8 Å². The number of ether oxygens (including phenoxy) is 1. The van der Waals surface area contributed by atoms with Crippen LogP contribution in [0.5, 0.6) is 0 Å². The van der Waals surface area contributed by atoms with Crippen LogP contribution in [0.15, 0.2) is 24.3 Å². The molecule has 1 aromatic carbocycles. The Kier molecular flexibility index (Phi) is 36.0. The number of carboxylic acids is 1. The first-order valence-corrected chi connectivity index (χ1v) is 12.8. The van der Waals surface area contributed by atoms with E-state index in [2.05, 4.69) is 6.92 Å². The van der Waals surface area contributed by atoms with Crippen LogP contribution in [0.2, 0.25) is 0 Å². The van der Waals surface area contributed by atoms with E-state index in [1.165, 1.54) is 94.9 Å². The first-order valence-electron chi connectivity index (χ1n) is 12.8. The maximum Gasteiger partial charge on any atom is 0.353 e. The van der Waals surface area contributed by atoms with Gasteiger partial charge in [0.15, 0.2) is 0 Å². The molecule has 1 aromatic rings. The number of carbonyl (C=O) groups excluding carboxylic acids is 2. The third kappa shape index (κ3) is 22.2. The number of hydrogen-bond donors (Lipinski definition) is 2. The molecular weight excluding hydrogens is 530 g/mol. The largest absolute Gasteiger partial charge is 0.478 e. The number of nitrogens with two attached hydrogens (primary N) is 1. The number of hydrogen-bond acceptors (Lipinski definition) is 5. The summed E-state index contributed by atoms with van der Waals surface area (Å²) in [5.74, 6) is -2.88. The molecule has 1 rings (SSSR count). The monoisotopic (exact) mass is 581 g/mol. The molecule has 0 saturated heterocycles. The van der Waals surface area contributed by atoms with Crippen molar-refractivity contribution in [3.63, 3.8) is 0 Å². The number of benzene rings is 1.